The van der Waals surface area contributed by atoms with Crippen molar-refractivity contribution in [2.45, 2.75) is 18.4 Å². The Hall–Kier alpha value is -2.78. The molecule has 8 nitrogen and oxygen atoms in total. The van der Waals surface area contributed by atoms with Gasteiger partial charge < -0.3 is 19.5 Å². The van der Waals surface area contributed by atoms with Gasteiger partial charge in [-0.1, -0.05) is 6.07 Å². The highest BCUT2D eigenvalue weighted by Gasteiger charge is 2.18. The third-order valence-corrected chi connectivity index (χ3v) is 5.10. The van der Waals surface area contributed by atoms with E-state index in [-0.39, 0.29) is 29.9 Å². The van der Waals surface area contributed by atoms with Crippen LogP contribution in [0.15, 0.2) is 41.3 Å². The fourth-order valence-electron chi connectivity index (χ4n) is 2.44. The Kier molecular flexibility index (Phi) is 5.01. The van der Waals surface area contributed by atoms with Gasteiger partial charge in [0, 0.05) is 19.5 Å². The van der Waals surface area contributed by atoms with Crippen molar-refractivity contribution in [2.24, 2.45) is 0 Å². The number of benzene rings is 2. The Bertz CT molecular complexity index is 942. The number of nitrogens with one attached hydrogen (secondary N) is 2. The van der Waals surface area contributed by atoms with Gasteiger partial charge in [-0.3, -0.25) is 4.79 Å². The van der Waals surface area contributed by atoms with Crippen molar-refractivity contribution in [2.75, 3.05) is 19.2 Å². The first kappa shape index (κ1) is 18.0. The summed E-state index contributed by atoms with van der Waals surface area (Å²) in [5.74, 6) is 1.20. The van der Waals surface area contributed by atoms with Gasteiger partial charge in [-0.05, 0) is 29.8 Å². The molecule has 2 N–H and O–H groups in total. The summed E-state index contributed by atoms with van der Waals surface area (Å²) in [7, 11) is -2.37. The smallest absolute Gasteiger partial charge is 0.241 e. The van der Waals surface area contributed by atoms with Gasteiger partial charge in [0.1, 0.15) is 5.75 Å². The van der Waals surface area contributed by atoms with Gasteiger partial charge in [-0.25, -0.2) is 13.1 Å². The van der Waals surface area contributed by atoms with Crippen LogP contribution in [0.5, 0.6) is 17.2 Å². The summed E-state index contributed by atoms with van der Waals surface area (Å²) in [5.41, 5.74) is 1.13. The van der Waals surface area contributed by atoms with E-state index >= 15 is 0 Å². The number of sulfonamides is 1. The zero-order valence-corrected chi connectivity index (χ0v) is 15.1. The summed E-state index contributed by atoms with van der Waals surface area (Å²) in [6.07, 6.45) is 0. The van der Waals surface area contributed by atoms with E-state index < -0.39 is 10.0 Å². The predicted octanol–water partition coefficient (Wildman–Crippen LogP) is 1.86. The minimum absolute atomic E-state index is 0.0317. The molecule has 3 rings (SSSR count). The molecule has 0 radical (unpaired) electrons. The van der Waals surface area contributed by atoms with Crippen LogP contribution in [0.2, 0.25) is 0 Å². The SMILES string of the molecule is COc1cc(S(=O)(=O)NCc2ccc3c(c2)OCO3)ccc1NC(C)=O. The van der Waals surface area contributed by atoms with E-state index in [2.05, 4.69) is 10.0 Å². The molecule has 1 heterocycles. The number of amides is 1. The van der Waals surface area contributed by atoms with Crippen LogP contribution >= 0.6 is 0 Å². The monoisotopic (exact) mass is 378 g/mol. The van der Waals surface area contributed by atoms with E-state index in [1.165, 1.54) is 32.2 Å². The molecule has 138 valence electrons. The number of methoxy groups -OCH3 is 1. The first-order valence-corrected chi connectivity index (χ1v) is 9.21. The van der Waals surface area contributed by atoms with Crippen LogP contribution in [0.1, 0.15) is 12.5 Å². The molecular formula is C17H18N2O6S. The average Bonchev–Trinajstić information content (AvgIpc) is 3.07. The van der Waals surface area contributed by atoms with E-state index in [1.807, 2.05) is 0 Å². The molecule has 1 aliphatic heterocycles. The number of carbonyl (C=O) groups is 1. The lowest BCUT2D eigenvalue weighted by molar-refractivity contribution is -0.114. The van der Waals surface area contributed by atoms with E-state index in [0.717, 1.165) is 5.56 Å². The number of hydrogen-bond donors (Lipinski definition) is 2. The van der Waals surface area contributed by atoms with E-state index in [0.29, 0.717) is 17.2 Å². The average molecular weight is 378 g/mol. The standard InChI is InChI=1S/C17H18N2O6S/c1-11(20)19-14-5-4-13(8-16(14)23-2)26(21,22)18-9-12-3-6-15-17(7-12)25-10-24-15/h3-8,18H,9-10H2,1-2H3,(H,19,20). The molecule has 0 spiro atoms. The topological polar surface area (TPSA) is 103 Å². The first-order valence-electron chi connectivity index (χ1n) is 7.73. The van der Waals surface area contributed by atoms with Gasteiger partial charge >= 0.3 is 0 Å². The number of rotatable bonds is 6. The second-order valence-electron chi connectivity index (χ2n) is 5.56. The molecule has 2 aromatic rings. The number of hydrogen-bond acceptors (Lipinski definition) is 6. The lowest BCUT2D eigenvalue weighted by Gasteiger charge is -2.12. The Labute approximate surface area is 151 Å². The number of ether oxygens (including phenoxy) is 3. The van der Waals surface area contributed by atoms with Crippen molar-refractivity contribution in [3.8, 4) is 17.2 Å². The summed E-state index contributed by atoms with van der Waals surface area (Å²) in [5, 5.41) is 2.58. The Morgan fingerprint density at radius 2 is 1.92 bits per heavy atom. The van der Waals surface area contributed by atoms with Crippen molar-refractivity contribution in [3.05, 3.63) is 42.0 Å². The van der Waals surface area contributed by atoms with E-state index in [1.54, 1.807) is 18.2 Å². The van der Waals surface area contributed by atoms with E-state index in [9.17, 15) is 13.2 Å². The van der Waals surface area contributed by atoms with Crippen LogP contribution in [0.25, 0.3) is 0 Å². The van der Waals surface area contributed by atoms with Crippen molar-refractivity contribution in [1.82, 2.24) is 4.72 Å². The van der Waals surface area contributed by atoms with Gasteiger partial charge in [-0.2, -0.15) is 0 Å². The summed E-state index contributed by atoms with van der Waals surface area (Å²) in [4.78, 5) is 11.2. The quantitative estimate of drug-likeness (QED) is 0.795. The van der Waals surface area contributed by atoms with Crippen LogP contribution in [-0.4, -0.2) is 28.2 Å². The van der Waals surface area contributed by atoms with Crippen molar-refractivity contribution < 1.29 is 27.4 Å². The van der Waals surface area contributed by atoms with Gasteiger partial charge in [-0.15, -0.1) is 0 Å². The second kappa shape index (κ2) is 7.22. The molecule has 0 fully saturated rings. The lowest BCUT2D eigenvalue weighted by atomic mass is 10.2. The van der Waals surface area contributed by atoms with Crippen LogP contribution in [0.3, 0.4) is 0 Å². The van der Waals surface area contributed by atoms with Crippen LogP contribution in [0, 0.1) is 0 Å². The summed E-state index contributed by atoms with van der Waals surface area (Å²) >= 11 is 0. The maximum Gasteiger partial charge on any atom is 0.241 e. The van der Waals surface area contributed by atoms with Crippen LogP contribution < -0.4 is 24.2 Å². The number of fused-ring (bicyclic) bond motifs is 1. The summed E-state index contributed by atoms with van der Waals surface area (Å²) < 4.78 is 43.3. The largest absolute Gasteiger partial charge is 0.495 e. The maximum absolute atomic E-state index is 12.5. The van der Waals surface area contributed by atoms with Crippen molar-refractivity contribution >= 4 is 21.6 Å². The highest BCUT2D eigenvalue weighted by atomic mass is 32.2. The van der Waals surface area contributed by atoms with Crippen molar-refractivity contribution in [3.63, 3.8) is 0 Å². The molecule has 0 bridgehead atoms. The molecule has 0 saturated carbocycles. The molecule has 1 amide bonds. The number of carbonyl (C=O) groups excluding carboxylic acids is 1. The lowest BCUT2D eigenvalue weighted by Crippen LogP contribution is -2.23. The fraction of sp³-hybridized carbons (Fsp3) is 0.235. The molecule has 9 heteroatoms. The fourth-order valence-corrected chi connectivity index (χ4v) is 3.48. The molecule has 0 aliphatic carbocycles. The Morgan fingerprint density at radius 3 is 2.65 bits per heavy atom. The third-order valence-electron chi connectivity index (χ3n) is 3.70. The molecular weight excluding hydrogens is 360 g/mol. The zero-order chi connectivity index (χ0) is 18.7. The molecule has 26 heavy (non-hydrogen) atoms. The third kappa shape index (κ3) is 3.89. The zero-order valence-electron chi connectivity index (χ0n) is 14.2. The Balaban J connectivity index is 1.76. The van der Waals surface area contributed by atoms with Gasteiger partial charge in [0.05, 0.1) is 17.7 Å². The summed E-state index contributed by atoms with van der Waals surface area (Å²) in [6.45, 7) is 1.61. The molecule has 0 atom stereocenters. The number of anilines is 1. The van der Waals surface area contributed by atoms with Crippen LogP contribution in [0.4, 0.5) is 5.69 Å². The molecule has 0 aromatic heterocycles. The van der Waals surface area contributed by atoms with Crippen molar-refractivity contribution in [1.29, 1.82) is 0 Å². The molecule has 2 aromatic carbocycles. The van der Waals surface area contributed by atoms with Gasteiger partial charge in [0.25, 0.3) is 0 Å². The van der Waals surface area contributed by atoms with Gasteiger partial charge in [0.15, 0.2) is 11.5 Å². The first-order chi connectivity index (χ1) is 12.4. The van der Waals surface area contributed by atoms with E-state index in [4.69, 9.17) is 14.2 Å². The minimum Gasteiger partial charge on any atom is -0.495 e. The maximum atomic E-state index is 12.5. The second-order valence-corrected chi connectivity index (χ2v) is 7.32. The van der Waals surface area contributed by atoms with Crippen LogP contribution in [-0.2, 0) is 21.4 Å². The summed E-state index contributed by atoms with van der Waals surface area (Å²) in [6, 6.07) is 9.46. The highest BCUT2D eigenvalue weighted by Crippen LogP contribution is 2.32. The predicted molar refractivity (Wildman–Crippen MR) is 93.9 cm³/mol. The normalized spacial score (nSPS) is 12.7. The highest BCUT2D eigenvalue weighted by molar-refractivity contribution is 7.89. The molecule has 0 saturated heterocycles. The van der Waals surface area contributed by atoms with Gasteiger partial charge in [0.2, 0.25) is 22.7 Å². The minimum atomic E-state index is -3.77. The molecule has 1 aliphatic rings. The Morgan fingerprint density at radius 1 is 1.15 bits per heavy atom. The molecule has 0 unspecified atom stereocenters.